The van der Waals surface area contributed by atoms with Crippen molar-refractivity contribution in [1.82, 2.24) is 9.78 Å². The van der Waals surface area contributed by atoms with Crippen LogP contribution < -0.4 is 5.73 Å². The van der Waals surface area contributed by atoms with E-state index < -0.39 is 11.9 Å². The highest BCUT2D eigenvalue weighted by Gasteiger charge is 2.12. The summed E-state index contributed by atoms with van der Waals surface area (Å²) in [7, 11) is 0. The van der Waals surface area contributed by atoms with Crippen molar-refractivity contribution in [3.05, 3.63) is 18.0 Å². The molecule has 76 valence electrons. The van der Waals surface area contributed by atoms with Gasteiger partial charge >= 0.3 is 5.97 Å². The molecule has 1 atom stereocenters. The molecule has 1 unspecified atom stereocenters. The van der Waals surface area contributed by atoms with Crippen LogP contribution >= 0.6 is 0 Å². The number of hydrogen-bond acceptors (Lipinski definition) is 3. The number of nitrogens with zero attached hydrogens (tertiary/aromatic N) is 2. The molecule has 0 saturated heterocycles. The van der Waals surface area contributed by atoms with E-state index in [0.717, 1.165) is 0 Å². The van der Waals surface area contributed by atoms with Crippen LogP contribution in [0.25, 0.3) is 0 Å². The maximum Gasteiger partial charge on any atom is 0.305 e. The van der Waals surface area contributed by atoms with E-state index in [1.54, 1.807) is 6.92 Å². The molecule has 0 aromatic carbocycles. The fourth-order valence-corrected chi connectivity index (χ4v) is 1.06. The number of nitrogens with two attached hydrogens (primary N) is 1. The lowest BCUT2D eigenvalue weighted by Gasteiger charge is -2.08. The first-order chi connectivity index (χ1) is 6.50. The summed E-state index contributed by atoms with van der Waals surface area (Å²) in [4.78, 5) is 21.1. The molecule has 3 N–H and O–H groups in total. The van der Waals surface area contributed by atoms with E-state index in [1.807, 2.05) is 0 Å². The van der Waals surface area contributed by atoms with Crippen molar-refractivity contribution >= 4 is 11.9 Å². The number of hydrogen-bond donors (Lipinski definition) is 2. The molecule has 1 aromatic rings. The lowest BCUT2D eigenvalue weighted by atomic mass is 10.2. The average Bonchev–Trinajstić information content (AvgIpc) is 2.50. The molecule has 6 nitrogen and oxygen atoms in total. The lowest BCUT2D eigenvalue weighted by molar-refractivity contribution is -0.137. The Morgan fingerprint density at radius 3 is 2.79 bits per heavy atom. The van der Waals surface area contributed by atoms with E-state index in [-0.39, 0.29) is 18.2 Å². The summed E-state index contributed by atoms with van der Waals surface area (Å²) >= 11 is 0. The van der Waals surface area contributed by atoms with Crippen molar-refractivity contribution in [2.24, 2.45) is 5.73 Å². The third kappa shape index (κ3) is 2.32. The van der Waals surface area contributed by atoms with Gasteiger partial charge in [0.05, 0.1) is 12.5 Å². The third-order valence-electron chi connectivity index (χ3n) is 1.78. The van der Waals surface area contributed by atoms with Gasteiger partial charge in [0, 0.05) is 6.20 Å². The number of aromatic nitrogens is 2. The topological polar surface area (TPSA) is 98.2 Å². The van der Waals surface area contributed by atoms with Crippen LogP contribution in [0.15, 0.2) is 12.3 Å². The first-order valence-corrected chi connectivity index (χ1v) is 4.07. The molecule has 1 aromatic heterocycles. The van der Waals surface area contributed by atoms with Gasteiger partial charge < -0.3 is 10.8 Å². The minimum absolute atomic E-state index is 0.0418. The number of carbonyl (C=O) groups is 2. The smallest absolute Gasteiger partial charge is 0.305 e. The Hall–Kier alpha value is -1.85. The molecule has 6 heteroatoms. The van der Waals surface area contributed by atoms with Crippen molar-refractivity contribution in [2.75, 3.05) is 0 Å². The van der Waals surface area contributed by atoms with Gasteiger partial charge in [0.2, 0.25) is 0 Å². The predicted octanol–water partition coefficient (Wildman–Crippen LogP) is 0.0177. The van der Waals surface area contributed by atoms with E-state index in [9.17, 15) is 9.59 Å². The fraction of sp³-hybridized carbons (Fsp3) is 0.375. The Morgan fingerprint density at radius 1 is 1.71 bits per heavy atom. The molecule has 1 rings (SSSR count). The molecule has 0 aliphatic carbocycles. The standard InChI is InChI=1S/C8H11N3O3/c1-5(4-7(12)13)11-3-2-6(10-11)8(9)14/h2-3,5H,4H2,1H3,(H2,9,14)(H,12,13). The molecule has 0 saturated carbocycles. The van der Waals surface area contributed by atoms with Crippen LogP contribution in [0.1, 0.15) is 29.9 Å². The van der Waals surface area contributed by atoms with Gasteiger partial charge in [-0.05, 0) is 13.0 Å². The second-order valence-corrected chi connectivity index (χ2v) is 2.99. The summed E-state index contributed by atoms with van der Waals surface area (Å²) in [5, 5.41) is 12.4. The molecule has 0 aliphatic rings. The van der Waals surface area contributed by atoms with Crippen LogP contribution in [0.5, 0.6) is 0 Å². The molecule has 0 bridgehead atoms. The number of aliphatic carboxylic acids is 1. The van der Waals surface area contributed by atoms with Crippen molar-refractivity contribution in [3.63, 3.8) is 0 Å². The zero-order chi connectivity index (χ0) is 10.7. The van der Waals surface area contributed by atoms with Gasteiger partial charge in [-0.3, -0.25) is 14.3 Å². The van der Waals surface area contributed by atoms with Crippen LogP contribution in [0, 0.1) is 0 Å². The Bertz CT molecular complexity index is 358. The van der Waals surface area contributed by atoms with Gasteiger partial charge in [0.1, 0.15) is 5.69 Å². The Kier molecular flexibility index (Phi) is 2.85. The van der Waals surface area contributed by atoms with Gasteiger partial charge in [0.15, 0.2) is 0 Å². The second kappa shape index (κ2) is 3.91. The van der Waals surface area contributed by atoms with Crippen molar-refractivity contribution in [3.8, 4) is 0 Å². The van der Waals surface area contributed by atoms with Crippen molar-refractivity contribution in [1.29, 1.82) is 0 Å². The van der Waals surface area contributed by atoms with Crippen LogP contribution in [0.2, 0.25) is 0 Å². The highest BCUT2D eigenvalue weighted by molar-refractivity contribution is 5.90. The van der Waals surface area contributed by atoms with Crippen molar-refractivity contribution in [2.45, 2.75) is 19.4 Å². The van der Waals surface area contributed by atoms with E-state index in [0.29, 0.717) is 0 Å². The molecule has 1 heterocycles. The first kappa shape index (κ1) is 10.2. The number of carbonyl (C=O) groups excluding carboxylic acids is 1. The summed E-state index contributed by atoms with van der Waals surface area (Å²) in [6.07, 6.45) is 1.49. The third-order valence-corrected chi connectivity index (χ3v) is 1.78. The average molecular weight is 197 g/mol. The normalized spacial score (nSPS) is 12.4. The number of amides is 1. The zero-order valence-corrected chi connectivity index (χ0v) is 7.67. The van der Waals surface area contributed by atoms with Crippen LogP contribution in [0.4, 0.5) is 0 Å². The highest BCUT2D eigenvalue weighted by atomic mass is 16.4. The molecule has 0 radical (unpaired) electrons. The second-order valence-electron chi connectivity index (χ2n) is 2.99. The number of carboxylic acids is 1. The fourth-order valence-electron chi connectivity index (χ4n) is 1.06. The Balaban J connectivity index is 2.76. The Labute approximate surface area is 80.3 Å². The minimum Gasteiger partial charge on any atom is -0.481 e. The van der Waals surface area contributed by atoms with Crippen LogP contribution in [0.3, 0.4) is 0 Å². The lowest BCUT2D eigenvalue weighted by Crippen LogP contribution is -2.15. The SMILES string of the molecule is CC(CC(=O)O)n1ccc(C(N)=O)n1. The molecular formula is C8H11N3O3. The molecule has 0 aliphatic heterocycles. The van der Waals surface area contributed by atoms with Crippen LogP contribution in [-0.4, -0.2) is 26.8 Å². The van der Waals surface area contributed by atoms with Gasteiger partial charge in [-0.25, -0.2) is 0 Å². The summed E-state index contributed by atoms with van der Waals surface area (Å²) in [6.45, 7) is 1.70. The molecular weight excluding hydrogens is 186 g/mol. The quantitative estimate of drug-likeness (QED) is 0.710. The zero-order valence-electron chi connectivity index (χ0n) is 7.67. The van der Waals surface area contributed by atoms with Gasteiger partial charge in [0.25, 0.3) is 5.91 Å². The monoisotopic (exact) mass is 197 g/mol. The summed E-state index contributed by atoms with van der Waals surface area (Å²) in [5.74, 6) is -1.53. The highest BCUT2D eigenvalue weighted by Crippen LogP contribution is 2.09. The molecule has 1 amide bonds. The van der Waals surface area contributed by atoms with E-state index >= 15 is 0 Å². The number of carboxylic acid groups (broad SMARTS) is 1. The van der Waals surface area contributed by atoms with E-state index in [4.69, 9.17) is 10.8 Å². The number of primary amides is 1. The van der Waals surface area contributed by atoms with E-state index in [1.165, 1.54) is 16.9 Å². The maximum absolute atomic E-state index is 10.7. The molecule has 14 heavy (non-hydrogen) atoms. The summed E-state index contributed by atoms with van der Waals surface area (Å²) in [6, 6.07) is 1.17. The molecule has 0 spiro atoms. The van der Waals surface area contributed by atoms with Crippen molar-refractivity contribution < 1.29 is 14.7 Å². The summed E-state index contributed by atoms with van der Waals surface area (Å²) < 4.78 is 1.41. The Morgan fingerprint density at radius 2 is 2.36 bits per heavy atom. The van der Waals surface area contributed by atoms with Gasteiger partial charge in [-0.2, -0.15) is 5.10 Å². The summed E-state index contributed by atoms with van der Waals surface area (Å²) in [5.41, 5.74) is 5.14. The van der Waals surface area contributed by atoms with Crippen LogP contribution in [-0.2, 0) is 4.79 Å². The number of rotatable bonds is 4. The maximum atomic E-state index is 10.7. The van der Waals surface area contributed by atoms with E-state index in [2.05, 4.69) is 5.10 Å². The largest absolute Gasteiger partial charge is 0.481 e. The van der Waals surface area contributed by atoms with Gasteiger partial charge in [-0.1, -0.05) is 0 Å². The predicted molar refractivity (Wildman–Crippen MR) is 47.7 cm³/mol. The van der Waals surface area contributed by atoms with Gasteiger partial charge in [-0.15, -0.1) is 0 Å². The minimum atomic E-state index is -0.909. The first-order valence-electron chi connectivity index (χ1n) is 4.07. The molecule has 0 fully saturated rings.